The maximum absolute atomic E-state index is 7.32. The van der Waals surface area contributed by atoms with E-state index >= 15 is 0 Å². The summed E-state index contributed by atoms with van der Waals surface area (Å²) in [6, 6.07) is 2.29. The zero-order valence-electron chi connectivity index (χ0n) is 8.73. The molecule has 0 bridgehead atoms. The fraction of sp³-hybridized carbons (Fsp3) is 0.143. The number of aryl methyl sites for hydroxylation is 1. The van der Waals surface area contributed by atoms with Gasteiger partial charge in [0.2, 0.25) is 0 Å². The lowest BCUT2D eigenvalue weighted by Gasteiger charge is -1.82. The van der Waals surface area contributed by atoms with Gasteiger partial charge in [0.05, 0.1) is 4.11 Å². The van der Waals surface area contributed by atoms with Gasteiger partial charge in [0.25, 0.3) is 0 Å². The van der Waals surface area contributed by atoms with Crippen molar-refractivity contribution in [3.63, 3.8) is 0 Å². The average molecular weight is 97.2 g/mol. The maximum atomic E-state index is 7.32. The van der Waals surface area contributed by atoms with E-state index in [4.69, 9.17) is 6.85 Å². The summed E-state index contributed by atoms with van der Waals surface area (Å²) in [4.78, 5) is 0. The highest BCUT2D eigenvalue weighted by molar-refractivity contribution is 5.11. The first-order chi connectivity index (χ1) is 5.54. The molecular formula is C7H8. The molecule has 0 aromatic heterocycles. The molecular weight excluding hydrogens is 84.1 g/mol. The lowest BCUT2D eigenvalue weighted by Crippen LogP contribution is -1.62. The van der Waals surface area contributed by atoms with Crippen molar-refractivity contribution >= 4 is 0 Å². The Hall–Kier alpha value is -0.780. The van der Waals surface area contributed by atoms with Gasteiger partial charge in [-0.05, 0) is 6.88 Å². The van der Waals surface area contributed by atoms with Crippen LogP contribution in [0.25, 0.3) is 0 Å². The minimum atomic E-state index is -1.25. The van der Waals surface area contributed by atoms with Gasteiger partial charge in [0.1, 0.15) is 0 Å². The standard InChI is InChI=1S/C7H8/c1-7-5-3-2-4-6-7/h2-6H,1H3/i1D2,2D,3D,5D. The summed E-state index contributed by atoms with van der Waals surface area (Å²) >= 11 is 0. The van der Waals surface area contributed by atoms with Crippen LogP contribution in [0.3, 0.4) is 0 Å². The quantitative estimate of drug-likeness (QED) is 0.464. The molecule has 1 aromatic rings. The summed E-state index contributed by atoms with van der Waals surface area (Å²) in [5, 5.41) is 0. The second-order valence-electron chi connectivity index (χ2n) is 1.18. The molecule has 36 valence electrons. The summed E-state index contributed by atoms with van der Waals surface area (Å²) in [7, 11) is 0. The molecule has 0 nitrogen and oxygen atoms in total. The molecule has 0 spiro atoms. The monoisotopic (exact) mass is 97.1 g/mol. The van der Waals surface area contributed by atoms with Gasteiger partial charge in [-0.2, -0.15) is 0 Å². The van der Waals surface area contributed by atoms with Gasteiger partial charge >= 0.3 is 0 Å². The Bertz CT molecular complexity index is 294. The van der Waals surface area contributed by atoms with E-state index in [0.717, 1.165) is 0 Å². The van der Waals surface area contributed by atoms with Gasteiger partial charge in [0, 0.05) is 2.74 Å². The van der Waals surface area contributed by atoms with Crippen LogP contribution in [-0.4, -0.2) is 0 Å². The highest BCUT2D eigenvalue weighted by Gasteiger charge is 1.72. The lowest BCUT2D eigenvalue weighted by atomic mass is 10.2. The van der Waals surface area contributed by atoms with Crippen molar-refractivity contribution in [3.05, 3.63) is 35.8 Å². The van der Waals surface area contributed by atoms with Crippen molar-refractivity contribution in [2.24, 2.45) is 0 Å². The average Bonchev–Trinajstić information content (AvgIpc) is 2.00. The Morgan fingerprint density at radius 2 is 2.71 bits per heavy atom. The third-order valence-corrected chi connectivity index (χ3v) is 0.625. The SMILES string of the molecule is [2H]c1ccc(C([2H])[2H])c([2H])c1[2H]. The molecule has 0 aliphatic rings. The molecule has 0 heterocycles. The van der Waals surface area contributed by atoms with Crippen molar-refractivity contribution in [3.8, 4) is 0 Å². The Labute approximate surface area is 50.8 Å². The summed E-state index contributed by atoms with van der Waals surface area (Å²) in [5.74, 6) is 0. The van der Waals surface area contributed by atoms with Crippen LogP contribution in [0, 0.1) is 6.88 Å². The first-order valence-corrected chi connectivity index (χ1v) is 1.95. The molecule has 0 N–H and O–H groups in total. The summed E-state index contributed by atoms with van der Waals surface area (Å²) in [5.41, 5.74) is 0.177. The fourth-order valence-electron chi connectivity index (χ4n) is 0.323. The van der Waals surface area contributed by atoms with Gasteiger partial charge in [-0.25, -0.2) is 0 Å². The van der Waals surface area contributed by atoms with Crippen LogP contribution >= 0.6 is 0 Å². The molecule has 1 rings (SSSR count). The van der Waals surface area contributed by atoms with Crippen molar-refractivity contribution in [2.45, 2.75) is 6.88 Å². The molecule has 0 saturated heterocycles. The molecule has 1 aromatic carbocycles. The molecule has 0 amide bonds. The van der Waals surface area contributed by atoms with E-state index in [9.17, 15) is 0 Å². The predicted molar refractivity (Wildman–Crippen MR) is 31.2 cm³/mol. The van der Waals surface area contributed by atoms with E-state index in [1.165, 1.54) is 12.1 Å². The molecule has 0 atom stereocenters. The Morgan fingerprint density at radius 3 is 3.57 bits per heavy atom. The third kappa shape index (κ3) is 1.04. The zero-order chi connectivity index (χ0) is 9.30. The lowest BCUT2D eigenvalue weighted by molar-refractivity contribution is 1.48. The molecule has 0 heteroatoms. The zero-order valence-corrected chi connectivity index (χ0v) is 3.73. The summed E-state index contributed by atoms with van der Waals surface area (Å²) < 4.78 is 35.8. The van der Waals surface area contributed by atoms with E-state index in [1.54, 1.807) is 0 Å². The Balaban J connectivity index is 3.27. The van der Waals surface area contributed by atoms with Crippen LogP contribution in [0.15, 0.2) is 30.3 Å². The predicted octanol–water partition coefficient (Wildman–Crippen LogP) is 2.00. The maximum Gasteiger partial charge on any atom is 0.0625 e. The van der Waals surface area contributed by atoms with Crippen molar-refractivity contribution in [2.75, 3.05) is 0 Å². The van der Waals surface area contributed by atoms with Crippen LogP contribution in [0.5, 0.6) is 0 Å². The highest BCUT2D eigenvalue weighted by Crippen LogP contribution is 1.92. The molecule has 0 saturated carbocycles. The first kappa shape index (κ1) is 1.35. The normalized spacial score (nSPS) is 19.3. The largest absolute Gasteiger partial charge is 0.0625 e. The van der Waals surface area contributed by atoms with Gasteiger partial charge in [-0.3, -0.25) is 0 Å². The van der Waals surface area contributed by atoms with Crippen molar-refractivity contribution in [1.29, 1.82) is 0 Å². The van der Waals surface area contributed by atoms with E-state index in [0.29, 0.717) is 0 Å². The minimum Gasteiger partial charge on any atom is -0.0622 e. The third-order valence-electron chi connectivity index (χ3n) is 0.625. The summed E-state index contributed by atoms with van der Waals surface area (Å²) in [6.45, 7) is -1.25. The molecule has 0 fully saturated rings. The minimum absolute atomic E-state index is 0.0376. The Kier molecular flexibility index (Phi) is 0.343. The number of hydrogen-bond acceptors (Lipinski definition) is 0. The Morgan fingerprint density at radius 1 is 1.71 bits per heavy atom. The van der Waals surface area contributed by atoms with E-state index in [-0.39, 0.29) is 23.7 Å². The molecule has 0 aliphatic heterocycles. The number of hydrogen-bond donors (Lipinski definition) is 0. The van der Waals surface area contributed by atoms with Gasteiger partial charge < -0.3 is 0 Å². The summed E-state index contributed by atoms with van der Waals surface area (Å²) in [6.07, 6.45) is 0. The van der Waals surface area contributed by atoms with Crippen LogP contribution in [0.2, 0.25) is 0 Å². The van der Waals surface area contributed by atoms with E-state index in [1.807, 2.05) is 0 Å². The van der Waals surface area contributed by atoms with E-state index in [2.05, 4.69) is 0 Å². The second-order valence-corrected chi connectivity index (χ2v) is 1.18. The van der Waals surface area contributed by atoms with Crippen molar-refractivity contribution in [1.82, 2.24) is 0 Å². The molecule has 0 unspecified atom stereocenters. The highest BCUT2D eigenvalue weighted by atomic mass is 13.8. The second kappa shape index (κ2) is 1.78. The fourth-order valence-corrected chi connectivity index (χ4v) is 0.323. The molecule has 7 heavy (non-hydrogen) atoms. The van der Waals surface area contributed by atoms with Crippen LogP contribution in [-0.2, 0) is 0 Å². The van der Waals surface area contributed by atoms with Gasteiger partial charge in [-0.1, -0.05) is 35.8 Å². The van der Waals surface area contributed by atoms with Gasteiger partial charge in [0.15, 0.2) is 0 Å². The van der Waals surface area contributed by atoms with Crippen molar-refractivity contribution < 1.29 is 6.85 Å². The molecule has 0 aliphatic carbocycles. The van der Waals surface area contributed by atoms with E-state index < -0.39 is 6.88 Å². The number of rotatable bonds is 0. The first-order valence-electron chi connectivity index (χ1n) is 4.60. The van der Waals surface area contributed by atoms with Crippen LogP contribution in [0.4, 0.5) is 0 Å². The van der Waals surface area contributed by atoms with Crippen LogP contribution in [0.1, 0.15) is 12.4 Å². The number of benzene rings is 1. The van der Waals surface area contributed by atoms with Gasteiger partial charge in [-0.15, -0.1) is 0 Å². The molecule has 0 radical (unpaired) electrons. The topological polar surface area (TPSA) is 0 Å². The smallest absolute Gasteiger partial charge is 0.0622 e. The van der Waals surface area contributed by atoms with Crippen LogP contribution < -0.4 is 0 Å².